The Morgan fingerprint density at radius 1 is 1.28 bits per heavy atom. The van der Waals surface area contributed by atoms with E-state index in [1.165, 1.54) is 7.11 Å². The van der Waals surface area contributed by atoms with E-state index in [2.05, 4.69) is 10.4 Å². The Kier molecular flexibility index (Phi) is 5.46. The molecule has 7 nitrogen and oxygen atoms in total. The average molecular weight is 345 g/mol. The molecule has 2 aromatic rings. The van der Waals surface area contributed by atoms with Gasteiger partial charge in [-0.2, -0.15) is 5.10 Å². The number of carbonyl (C=O) groups excluding carboxylic acids is 2. The van der Waals surface area contributed by atoms with Crippen LogP contribution in [0.3, 0.4) is 0 Å². The first-order chi connectivity index (χ1) is 11.8. The summed E-state index contributed by atoms with van der Waals surface area (Å²) in [7, 11) is 2.87. The van der Waals surface area contributed by atoms with Crippen molar-refractivity contribution in [2.24, 2.45) is 0 Å². The summed E-state index contributed by atoms with van der Waals surface area (Å²) in [6.07, 6.45) is 2.07. The first-order valence-corrected chi connectivity index (χ1v) is 7.96. The number of carbonyl (C=O) groups is 2. The molecule has 134 valence electrons. The van der Waals surface area contributed by atoms with E-state index < -0.39 is 17.4 Å². The highest BCUT2D eigenvalue weighted by atomic mass is 16.5. The molecule has 1 aromatic carbocycles. The lowest BCUT2D eigenvalue weighted by atomic mass is 9.99. The average Bonchev–Trinajstić information content (AvgIpc) is 3.10. The number of hydrogen-bond acceptors (Lipinski definition) is 5. The van der Waals surface area contributed by atoms with Crippen LogP contribution in [0, 0.1) is 6.92 Å². The molecule has 1 amide bonds. The van der Waals surface area contributed by atoms with E-state index in [-0.39, 0.29) is 5.69 Å². The molecule has 25 heavy (non-hydrogen) atoms. The highest BCUT2D eigenvalue weighted by Crippen LogP contribution is 2.23. The van der Waals surface area contributed by atoms with Gasteiger partial charge < -0.3 is 14.8 Å². The maximum Gasteiger partial charge on any atom is 0.331 e. The van der Waals surface area contributed by atoms with Crippen LogP contribution >= 0.6 is 0 Å². The Bertz CT molecular complexity index is 784. The molecule has 7 heteroatoms. The number of aromatic nitrogens is 2. The topological polar surface area (TPSA) is 82.5 Å². The summed E-state index contributed by atoms with van der Waals surface area (Å²) in [5.41, 5.74) is 0.873. The first kappa shape index (κ1) is 18.5. The highest BCUT2D eigenvalue weighted by molar-refractivity contribution is 5.96. The third-order valence-electron chi connectivity index (χ3n) is 4.14. The molecule has 0 radical (unpaired) electrons. The van der Waals surface area contributed by atoms with Crippen LogP contribution in [0.5, 0.6) is 5.75 Å². The van der Waals surface area contributed by atoms with Crippen LogP contribution in [-0.4, -0.2) is 41.4 Å². The van der Waals surface area contributed by atoms with E-state index >= 15 is 0 Å². The summed E-state index contributed by atoms with van der Waals surface area (Å²) in [5.74, 6) is -0.295. The molecule has 0 fully saturated rings. The molecule has 0 aliphatic carbocycles. The van der Waals surface area contributed by atoms with Crippen molar-refractivity contribution in [3.63, 3.8) is 0 Å². The van der Waals surface area contributed by atoms with Crippen LogP contribution in [0.25, 0.3) is 5.69 Å². The van der Waals surface area contributed by atoms with Gasteiger partial charge in [0.15, 0.2) is 5.69 Å². The third kappa shape index (κ3) is 3.81. The Labute approximate surface area is 146 Å². The van der Waals surface area contributed by atoms with Crippen molar-refractivity contribution in [3.05, 3.63) is 41.7 Å². The number of benzene rings is 1. The third-order valence-corrected chi connectivity index (χ3v) is 4.14. The van der Waals surface area contributed by atoms with E-state index in [0.717, 1.165) is 11.3 Å². The van der Waals surface area contributed by atoms with Gasteiger partial charge in [0, 0.05) is 6.20 Å². The van der Waals surface area contributed by atoms with Crippen LogP contribution in [0.15, 0.2) is 30.5 Å². The number of aryl methyl sites for hydroxylation is 1. The zero-order valence-corrected chi connectivity index (χ0v) is 15.1. The zero-order valence-electron chi connectivity index (χ0n) is 15.1. The van der Waals surface area contributed by atoms with Crippen molar-refractivity contribution in [1.82, 2.24) is 15.1 Å². The van der Waals surface area contributed by atoms with Crippen LogP contribution < -0.4 is 10.1 Å². The van der Waals surface area contributed by atoms with Crippen molar-refractivity contribution in [2.45, 2.75) is 32.7 Å². The monoisotopic (exact) mass is 345 g/mol. The quantitative estimate of drug-likeness (QED) is 0.812. The van der Waals surface area contributed by atoms with Crippen molar-refractivity contribution in [1.29, 1.82) is 0 Å². The molecule has 0 saturated carbocycles. The maximum atomic E-state index is 12.5. The van der Waals surface area contributed by atoms with Gasteiger partial charge >= 0.3 is 5.97 Å². The Balaban J connectivity index is 2.28. The van der Waals surface area contributed by atoms with Crippen LogP contribution in [-0.2, 0) is 9.53 Å². The summed E-state index contributed by atoms with van der Waals surface area (Å²) in [6.45, 7) is 5.38. The fourth-order valence-electron chi connectivity index (χ4n) is 2.38. The van der Waals surface area contributed by atoms with E-state index in [1.807, 2.05) is 25.1 Å². The van der Waals surface area contributed by atoms with E-state index in [1.54, 1.807) is 37.9 Å². The molecule has 1 heterocycles. The smallest absolute Gasteiger partial charge is 0.331 e. The van der Waals surface area contributed by atoms with Crippen molar-refractivity contribution in [2.75, 3.05) is 14.2 Å². The molecule has 1 N–H and O–H groups in total. The molecule has 0 aliphatic rings. The number of amides is 1. The second-order valence-electron chi connectivity index (χ2n) is 5.95. The summed E-state index contributed by atoms with van der Waals surface area (Å²) >= 11 is 0. The van der Waals surface area contributed by atoms with Crippen LogP contribution in [0.4, 0.5) is 0 Å². The molecule has 0 aliphatic heterocycles. The molecule has 0 bridgehead atoms. The van der Waals surface area contributed by atoms with Gasteiger partial charge in [-0.1, -0.05) is 13.0 Å². The SMILES string of the molecule is CC[C@](C)(NC(=O)c1ccn(-c2cc(C)ccc2OC)n1)C(=O)OC. The van der Waals surface area contributed by atoms with Gasteiger partial charge in [-0.15, -0.1) is 0 Å². The fourth-order valence-corrected chi connectivity index (χ4v) is 2.38. The fraction of sp³-hybridized carbons (Fsp3) is 0.389. The van der Waals surface area contributed by atoms with E-state index in [9.17, 15) is 9.59 Å². The zero-order chi connectivity index (χ0) is 18.6. The van der Waals surface area contributed by atoms with Gasteiger partial charge in [0.2, 0.25) is 0 Å². The van der Waals surface area contributed by atoms with Crippen molar-refractivity contribution < 1.29 is 19.1 Å². The number of methoxy groups -OCH3 is 2. The predicted molar refractivity (Wildman–Crippen MR) is 93.0 cm³/mol. The standard InChI is InChI=1S/C18H23N3O4/c1-6-18(3,17(23)25-5)19-16(22)13-9-10-21(20-13)14-11-12(2)7-8-15(14)24-4/h7-11H,6H2,1-5H3,(H,19,22)/t18-/m0/s1. The van der Waals surface area contributed by atoms with Crippen LogP contribution in [0.2, 0.25) is 0 Å². The molecular formula is C18H23N3O4. The summed E-state index contributed by atoms with van der Waals surface area (Å²) in [6, 6.07) is 7.28. The molecule has 1 atom stereocenters. The summed E-state index contributed by atoms with van der Waals surface area (Å²) in [5, 5.41) is 7.00. The number of esters is 1. The van der Waals surface area contributed by atoms with Gasteiger partial charge in [-0.3, -0.25) is 4.79 Å². The van der Waals surface area contributed by atoms with Crippen molar-refractivity contribution in [3.8, 4) is 11.4 Å². The van der Waals surface area contributed by atoms with Gasteiger partial charge in [0.05, 0.1) is 14.2 Å². The second-order valence-corrected chi connectivity index (χ2v) is 5.95. The first-order valence-electron chi connectivity index (χ1n) is 7.96. The predicted octanol–water partition coefficient (Wildman–Crippen LogP) is 2.26. The van der Waals surface area contributed by atoms with Gasteiger partial charge in [-0.05, 0) is 44.0 Å². The second kappa shape index (κ2) is 7.38. The normalized spacial score (nSPS) is 13.0. The van der Waals surface area contributed by atoms with E-state index in [0.29, 0.717) is 12.2 Å². The van der Waals surface area contributed by atoms with Gasteiger partial charge in [-0.25, -0.2) is 9.48 Å². The molecule has 1 aromatic heterocycles. The molecule has 0 saturated heterocycles. The number of nitrogens with zero attached hydrogens (tertiary/aromatic N) is 2. The van der Waals surface area contributed by atoms with Crippen molar-refractivity contribution >= 4 is 11.9 Å². The lowest BCUT2D eigenvalue weighted by Gasteiger charge is -2.25. The minimum absolute atomic E-state index is 0.201. The Morgan fingerprint density at radius 3 is 2.60 bits per heavy atom. The minimum Gasteiger partial charge on any atom is -0.494 e. The lowest BCUT2D eigenvalue weighted by Crippen LogP contribution is -2.52. The maximum absolute atomic E-state index is 12.5. The minimum atomic E-state index is -1.10. The van der Waals surface area contributed by atoms with Gasteiger partial charge in [0.1, 0.15) is 17.0 Å². The van der Waals surface area contributed by atoms with E-state index in [4.69, 9.17) is 9.47 Å². The number of ether oxygens (including phenoxy) is 2. The molecule has 2 rings (SSSR count). The highest BCUT2D eigenvalue weighted by Gasteiger charge is 2.34. The van der Waals surface area contributed by atoms with Crippen LogP contribution in [0.1, 0.15) is 36.3 Å². The largest absolute Gasteiger partial charge is 0.494 e. The Hall–Kier alpha value is -2.83. The number of nitrogens with one attached hydrogen (secondary N) is 1. The summed E-state index contributed by atoms with van der Waals surface area (Å²) < 4.78 is 11.7. The molecular weight excluding hydrogens is 322 g/mol. The lowest BCUT2D eigenvalue weighted by molar-refractivity contribution is -0.147. The van der Waals surface area contributed by atoms with Gasteiger partial charge in [0.25, 0.3) is 5.91 Å². The number of hydrogen-bond donors (Lipinski definition) is 1. The molecule has 0 unspecified atom stereocenters. The molecule has 0 spiro atoms. The summed E-state index contributed by atoms with van der Waals surface area (Å²) in [4.78, 5) is 24.4. The Morgan fingerprint density at radius 2 is 2.00 bits per heavy atom. The number of rotatable bonds is 6.